The lowest BCUT2D eigenvalue weighted by Gasteiger charge is -2.42. The topological polar surface area (TPSA) is 35.2 Å². The summed E-state index contributed by atoms with van der Waals surface area (Å²) in [5, 5.41) is 0. The van der Waals surface area contributed by atoms with Crippen LogP contribution in [0.1, 0.15) is 44.2 Å². The summed E-state index contributed by atoms with van der Waals surface area (Å²) in [5.41, 5.74) is 6.20. The van der Waals surface area contributed by atoms with Gasteiger partial charge in [-0.15, -0.1) is 0 Å². The zero-order valence-electron chi connectivity index (χ0n) is 11.5. The van der Waals surface area contributed by atoms with Crippen LogP contribution in [-0.2, 0) is 4.74 Å². The maximum Gasteiger partial charge on any atom is 0.126 e. The molecule has 0 aromatic heterocycles. The van der Waals surface area contributed by atoms with E-state index in [9.17, 15) is 8.78 Å². The Bertz CT molecular complexity index is 422. The molecule has 2 N–H and O–H groups in total. The summed E-state index contributed by atoms with van der Waals surface area (Å²) in [6.07, 6.45) is 3.70. The average Bonchev–Trinajstić information content (AvgIpc) is 2.38. The highest BCUT2D eigenvalue weighted by Crippen LogP contribution is 2.41. The van der Waals surface area contributed by atoms with Crippen LogP contribution in [0.3, 0.4) is 0 Å². The van der Waals surface area contributed by atoms with Gasteiger partial charge in [-0.1, -0.05) is 6.92 Å². The van der Waals surface area contributed by atoms with Gasteiger partial charge >= 0.3 is 0 Å². The Balaban J connectivity index is 2.27. The first kappa shape index (κ1) is 14.4. The third-order valence-corrected chi connectivity index (χ3v) is 4.34. The van der Waals surface area contributed by atoms with Gasteiger partial charge in [0, 0.05) is 13.2 Å². The first-order valence-corrected chi connectivity index (χ1v) is 6.73. The van der Waals surface area contributed by atoms with Crippen LogP contribution in [0.2, 0.25) is 0 Å². The van der Waals surface area contributed by atoms with Crippen LogP contribution in [0.4, 0.5) is 8.78 Å². The van der Waals surface area contributed by atoms with E-state index in [1.54, 1.807) is 7.11 Å². The highest BCUT2D eigenvalue weighted by atomic mass is 19.1. The van der Waals surface area contributed by atoms with Crippen LogP contribution < -0.4 is 5.73 Å². The quantitative estimate of drug-likeness (QED) is 0.910. The van der Waals surface area contributed by atoms with Gasteiger partial charge in [0.1, 0.15) is 11.6 Å². The van der Waals surface area contributed by atoms with Gasteiger partial charge < -0.3 is 10.5 Å². The van der Waals surface area contributed by atoms with Crippen molar-refractivity contribution in [2.24, 2.45) is 11.7 Å². The molecule has 0 amide bonds. The van der Waals surface area contributed by atoms with E-state index in [0.29, 0.717) is 11.5 Å². The molecule has 2 rings (SSSR count). The van der Waals surface area contributed by atoms with Crippen molar-refractivity contribution in [1.29, 1.82) is 0 Å². The zero-order chi connectivity index (χ0) is 14.0. The van der Waals surface area contributed by atoms with Gasteiger partial charge in [-0.05, 0) is 49.3 Å². The summed E-state index contributed by atoms with van der Waals surface area (Å²) in [4.78, 5) is 0. The molecule has 0 saturated heterocycles. The molecule has 106 valence electrons. The van der Waals surface area contributed by atoms with Crippen LogP contribution in [0.5, 0.6) is 0 Å². The molecule has 19 heavy (non-hydrogen) atoms. The summed E-state index contributed by atoms with van der Waals surface area (Å²) < 4.78 is 32.3. The van der Waals surface area contributed by atoms with E-state index in [4.69, 9.17) is 10.5 Å². The van der Waals surface area contributed by atoms with Gasteiger partial charge in [-0.3, -0.25) is 0 Å². The summed E-state index contributed by atoms with van der Waals surface area (Å²) in [7, 11) is 1.63. The molecule has 4 heteroatoms. The predicted octanol–water partition coefficient (Wildman–Crippen LogP) is 3.56. The van der Waals surface area contributed by atoms with Crippen molar-refractivity contribution in [1.82, 2.24) is 0 Å². The van der Waals surface area contributed by atoms with Crippen molar-refractivity contribution in [2.45, 2.75) is 44.2 Å². The van der Waals surface area contributed by atoms with E-state index in [0.717, 1.165) is 31.7 Å². The minimum Gasteiger partial charge on any atom is -0.376 e. The SMILES string of the molecule is COC1(C(N)c2cc(F)cc(F)c2)CCC(C)CC1. The first-order chi connectivity index (χ1) is 8.97. The maximum absolute atomic E-state index is 13.3. The number of hydrogen-bond acceptors (Lipinski definition) is 2. The zero-order valence-corrected chi connectivity index (χ0v) is 11.5. The lowest BCUT2D eigenvalue weighted by Crippen LogP contribution is -2.45. The normalized spacial score (nSPS) is 29.2. The molecule has 0 bridgehead atoms. The number of methoxy groups -OCH3 is 1. The molecule has 1 aliphatic rings. The van der Waals surface area contributed by atoms with E-state index < -0.39 is 23.3 Å². The summed E-state index contributed by atoms with van der Waals surface area (Å²) in [5.74, 6) is -0.540. The van der Waals surface area contributed by atoms with Gasteiger partial charge in [0.05, 0.1) is 11.6 Å². The van der Waals surface area contributed by atoms with Crippen molar-refractivity contribution in [3.05, 3.63) is 35.4 Å². The molecule has 1 aromatic carbocycles. The Labute approximate surface area is 112 Å². The number of rotatable bonds is 3. The second-order valence-corrected chi connectivity index (χ2v) is 5.63. The summed E-state index contributed by atoms with van der Waals surface area (Å²) in [6, 6.07) is 2.95. The molecule has 0 spiro atoms. The van der Waals surface area contributed by atoms with Crippen LogP contribution in [-0.4, -0.2) is 12.7 Å². The van der Waals surface area contributed by atoms with Crippen LogP contribution >= 0.6 is 0 Å². The second-order valence-electron chi connectivity index (χ2n) is 5.63. The number of ether oxygens (including phenoxy) is 1. The lowest BCUT2D eigenvalue weighted by atomic mass is 9.74. The largest absolute Gasteiger partial charge is 0.376 e. The Hall–Kier alpha value is -1.00. The highest BCUT2D eigenvalue weighted by molar-refractivity contribution is 5.24. The number of nitrogens with two attached hydrogens (primary N) is 1. The van der Waals surface area contributed by atoms with E-state index in [1.165, 1.54) is 12.1 Å². The van der Waals surface area contributed by atoms with Crippen LogP contribution in [0, 0.1) is 17.6 Å². The molecule has 1 fully saturated rings. The molecule has 1 atom stereocenters. The van der Waals surface area contributed by atoms with E-state index in [1.807, 2.05) is 0 Å². The van der Waals surface area contributed by atoms with Crippen molar-refractivity contribution in [3.63, 3.8) is 0 Å². The molecular weight excluding hydrogens is 248 g/mol. The molecule has 1 aromatic rings. The maximum atomic E-state index is 13.3. The molecule has 1 unspecified atom stereocenters. The smallest absolute Gasteiger partial charge is 0.126 e. The molecule has 1 aliphatic carbocycles. The molecule has 1 saturated carbocycles. The molecule has 0 aliphatic heterocycles. The first-order valence-electron chi connectivity index (χ1n) is 6.73. The van der Waals surface area contributed by atoms with Crippen molar-refractivity contribution >= 4 is 0 Å². The third kappa shape index (κ3) is 2.95. The van der Waals surface area contributed by atoms with Gasteiger partial charge in [0.2, 0.25) is 0 Å². The minimum absolute atomic E-state index is 0.467. The summed E-state index contributed by atoms with van der Waals surface area (Å²) in [6.45, 7) is 2.20. The van der Waals surface area contributed by atoms with Crippen LogP contribution in [0.25, 0.3) is 0 Å². The van der Waals surface area contributed by atoms with Crippen molar-refractivity contribution in [3.8, 4) is 0 Å². The van der Waals surface area contributed by atoms with Gasteiger partial charge in [-0.25, -0.2) is 8.78 Å². The monoisotopic (exact) mass is 269 g/mol. The molecule has 0 radical (unpaired) electrons. The second kappa shape index (κ2) is 5.55. The van der Waals surface area contributed by atoms with Gasteiger partial charge in [0.15, 0.2) is 0 Å². The molecular formula is C15H21F2NO. The number of benzene rings is 1. The Morgan fingerprint density at radius 3 is 2.21 bits per heavy atom. The third-order valence-electron chi connectivity index (χ3n) is 4.34. The van der Waals surface area contributed by atoms with E-state index in [2.05, 4.69) is 6.92 Å². The van der Waals surface area contributed by atoms with Gasteiger partial charge in [-0.2, -0.15) is 0 Å². The summed E-state index contributed by atoms with van der Waals surface area (Å²) >= 11 is 0. The van der Waals surface area contributed by atoms with E-state index >= 15 is 0 Å². The molecule has 2 nitrogen and oxygen atoms in total. The predicted molar refractivity (Wildman–Crippen MR) is 70.7 cm³/mol. The van der Waals surface area contributed by atoms with Crippen molar-refractivity contribution < 1.29 is 13.5 Å². The minimum atomic E-state index is -0.596. The average molecular weight is 269 g/mol. The van der Waals surface area contributed by atoms with Crippen molar-refractivity contribution in [2.75, 3.05) is 7.11 Å². The standard InChI is InChI=1S/C15H21F2NO/c1-10-3-5-15(19-2,6-4-10)14(18)11-7-12(16)9-13(17)8-11/h7-10,14H,3-6,18H2,1-2H3. The van der Waals surface area contributed by atoms with Gasteiger partial charge in [0.25, 0.3) is 0 Å². The Kier molecular flexibility index (Phi) is 4.21. The highest BCUT2D eigenvalue weighted by Gasteiger charge is 2.40. The molecule has 0 heterocycles. The Morgan fingerprint density at radius 2 is 1.74 bits per heavy atom. The lowest BCUT2D eigenvalue weighted by molar-refractivity contribution is -0.0672. The fraction of sp³-hybridized carbons (Fsp3) is 0.600. The fourth-order valence-electron chi connectivity index (χ4n) is 2.95. The van der Waals surface area contributed by atoms with E-state index in [-0.39, 0.29) is 0 Å². The fourth-order valence-corrected chi connectivity index (χ4v) is 2.95. The number of hydrogen-bond donors (Lipinski definition) is 1. The number of halogens is 2. The van der Waals surface area contributed by atoms with Crippen LogP contribution in [0.15, 0.2) is 18.2 Å². The Morgan fingerprint density at radius 1 is 1.21 bits per heavy atom.